The van der Waals surface area contributed by atoms with Crippen molar-refractivity contribution in [1.29, 1.82) is 0 Å². The van der Waals surface area contributed by atoms with Crippen molar-refractivity contribution in [1.82, 2.24) is 19.9 Å². The number of aromatic nitrogens is 4. The fraction of sp³-hybridized carbons (Fsp3) is 0.200. The topological polar surface area (TPSA) is 230 Å². The van der Waals surface area contributed by atoms with Gasteiger partial charge in [0, 0.05) is 21.5 Å². The normalized spacial score (nSPS) is 12.2. The molecule has 16 nitrogen and oxygen atoms in total. The van der Waals surface area contributed by atoms with Gasteiger partial charge in [0.2, 0.25) is 0 Å². The molecule has 0 unspecified atom stereocenters. The maximum atomic E-state index is 11.6. The highest BCUT2D eigenvalue weighted by Crippen LogP contribution is 2.40. The molecule has 16 heteroatoms. The standard InChI is InChI=1S/C26H22N2O6.C24H18N2O6/c1-32-22(31)14-34-21-7-3-5-16-11-18-9-8-17-10-15-4-2-6-20(33-13-19(30)12-29)23(15)27-25(17)26(18)28-24(16)21;27-19(28)11-31-17-5-1-3-13-9-15-7-8-16-10-14-4-2-6-18(32-12-20(29)30)22(14)26-24(16)23(15)25-21(13)17/h2-7,10-11,29H,8-9,12-14H2,1H3;1-6,9-10H,7-8,11-12H2,(H,27,28)(H,29,30)/p-1. The average molecular weight is 888 g/mol. The summed E-state index contributed by atoms with van der Waals surface area (Å²) in [5.74, 6) is -1.56. The van der Waals surface area contributed by atoms with Crippen molar-refractivity contribution in [2.24, 2.45) is 0 Å². The minimum absolute atomic E-state index is 0.207. The van der Waals surface area contributed by atoms with E-state index in [0.717, 1.165) is 80.9 Å². The van der Waals surface area contributed by atoms with Gasteiger partial charge in [0.05, 0.1) is 35.9 Å². The van der Waals surface area contributed by atoms with Gasteiger partial charge in [-0.3, -0.25) is 4.79 Å². The number of nitrogens with zero attached hydrogens (tertiary/aromatic N) is 4. The molecule has 66 heavy (non-hydrogen) atoms. The summed E-state index contributed by atoms with van der Waals surface area (Å²) in [4.78, 5) is 64.4. The number of carbonyl (C=O) groups excluding carboxylic acids is 3. The van der Waals surface area contributed by atoms with E-state index in [1.165, 1.54) is 7.11 Å². The Morgan fingerprint density at radius 2 is 0.848 bits per heavy atom. The van der Waals surface area contributed by atoms with Crippen molar-refractivity contribution < 1.29 is 58.2 Å². The molecule has 332 valence electrons. The molecular formula is C50H39N4O12-. The lowest BCUT2D eigenvalue weighted by molar-refractivity contribution is -0.307. The second-order valence-corrected chi connectivity index (χ2v) is 15.5. The highest BCUT2D eigenvalue weighted by molar-refractivity contribution is 5.94. The average Bonchev–Trinajstić information content (AvgIpc) is 3.33. The molecule has 2 aliphatic carbocycles. The highest BCUT2D eigenvalue weighted by Gasteiger charge is 2.25. The summed E-state index contributed by atoms with van der Waals surface area (Å²) < 4.78 is 26.8. The van der Waals surface area contributed by atoms with Crippen molar-refractivity contribution in [2.75, 3.05) is 40.1 Å². The predicted molar refractivity (Wildman–Crippen MR) is 239 cm³/mol. The quantitative estimate of drug-likeness (QED) is 0.142. The molecule has 2 aliphatic rings. The lowest BCUT2D eigenvalue weighted by Crippen LogP contribution is -2.29. The summed E-state index contributed by atoms with van der Waals surface area (Å²) in [5, 5.41) is 32.3. The number of pyridine rings is 4. The monoisotopic (exact) mass is 887 g/mol. The number of Topliss-reactive ketones (excluding diaryl/α,β-unsaturated/α-hetero) is 1. The maximum Gasteiger partial charge on any atom is 0.343 e. The van der Waals surface area contributed by atoms with Crippen LogP contribution in [0.5, 0.6) is 23.0 Å². The van der Waals surface area contributed by atoms with E-state index in [-0.39, 0.29) is 13.2 Å². The number of aliphatic carboxylic acids is 2. The number of rotatable bonds is 13. The van der Waals surface area contributed by atoms with Gasteiger partial charge in [-0.2, -0.15) is 0 Å². The minimum Gasteiger partial charge on any atom is -0.546 e. The number of aliphatic hydroxyl groups excluding tert-OH is 1. The third-order valence-electron chi connectivity index (χ3n) is 11.2. The van der Waals surface area contributed by atoms with Crippen LogP contribution < -0.4 is 24.1 Å². The number of esters is 1. The van der Waals surface area contributed by atoms with Crippen molar-refractivity contribution in [3.05, 3.63) is 119 Å². The van der Waals surface area contributed by atoms with Gasteiger partial charge in [0.15, 0.2) is 19.0 Å². The Morgan fingerprint density at radius 1 is 0.515 bits per heavy atom. The molecule has 4 aromatic carbocycles. The number of para-hydroxylation sites is 4. The molecule has 0 saturated carbocycles. The Kier molecular flexibility index (Phi) is 12.0. The van der Waals surface area contributed by atoms with Crippen molar-refractivity contribution in [3.8, 4) is 45.8 Å². The van der Waals surface area contributed by atoms with Crippen molar-refractivity contribution >= 4 is 67.3 Å². The van der Waals surface area contributed by atoms with E-state index in [2.05, 4.69) is 16.9 Å². The lowest BCUT2D eigenvalue weighted by Gasteiger charge is -2.20. The van der Waals surface area contributed by atoms with Gasteiger partial charge in [-0.15, -0.1) is 0 Å². The van der Waals surface area contributed by atoms with E-state index < -0.39 is 43.5 Å². The van der Waals surface area contributed by atoms with Crippen molar-refractivity contribution in [2.45, 2.75) is 25.7 Å². The number of carboxylic acid groups (broad SMARTS) is 2. The number of aliphatic hydroxyl groups is 1. The number of hydrogen-bond donors (Lipinski definition) is 2. The van der Waals surface area contributed by atoms with Gasteiger partial charge in [-0.05, 0) is 96.5 Å². The molecule has 0 radical (unpaired) electrons. The number of ketones is 1. The zero-order valence-electron chi connectivity index (χ0n) is 35.4. The van der Waals surface area contributed by atoms with Crippen LogP contribution in [0.1, 0.15) is 22.3 Å². The van der Waals surface area contributed by atoms with E-state index in [1.54, 1.807) is 36.4 Å². The number of fused-ring (bicyclic) bond motifs is 10. The smallest absolute Gasteiger partial charge is 0.343 e. The molecule has 2 N–H and O–H groups in total. The number of aryl methyl sites for hydroxylation is 4. The molecule has 0 saturated heterocycles. The van der Waals surface area contributed by atoms with E-state index in [0.29, 0.717) is 56.5 Å². The van der Waals surface area contributed by atoms with Crippen LogP contribution in [-0.2, 0) is 49.6 Å². The maximum absolute atomic E-state index is 11.6. The Balaban J connectivity index is 0.000000166. The molecule has 0 spiro atoms. The molecule has 0 aliphatic heterocycles. The van der Waals surface area contributed by atoms with Gasteiger partial charge in [-0.1, -0.05) is 48.5 Å². The Morgan fingerprint density at radius 3 is 1.17 bits per heavy atom. The highest BCUT2D eigenvalue weighted by atomic mass is 16.6. The first-order valence-electron chi connectivity index (χ1n) is 20.9. The minimum atomic E-state index is -1.31. The predicted octanol–water partition coefficient (Wildman–Crippen LogP) is 5.18. The van der Waals surface area contributed by atoms with Gasteiger partial charge in [-0.25, -0.2) is 29.5 Å². The van der Waals surface area contributed by atoms with Gasteiger partial charge in [0.25, 0.3) is 0 Å². The number of methoxy groups -OCH3 is 1. The zero-order chi connectivity index (χ0) is 45.9. The zero-order valence-corrected chi connectivity index (χ0v) is 35.4. The van der Waals surface area contributed by atoms with Crippen LogP contribution in [0.25, 0.3) is 66.4 Å². The molecule has 0 atom stereocenters. The van der Waals surface area contributed by atoms with Crippen LogP contribution in [-0.4, -0.2) is 94.0 Å². The summed E-state index contributed by atoms with van der Waals surface area (Å²) in [6.45, 7) is -2.04. The largest absolute Gasteiger partial charge is 0.546 e. The first kappa shape index (κ1) is 43.0. The Bertz CT molecular complexity index is 3050. The van der Waals surface area contributed by atoms with Gasteiger partial charge in [0.1, 0.15) is 64.9 Å². The molecule has 4 aromatic heterocycles. The number of carboxylic acids is 2. The van der Waals surface area contributed by atoms with E-state index in [1.807, 2.05) is 48.5 Å². The molecular weight excluding hydrogens is 849 g/mol. The molecule has 0 fully saturated rings. The van der Waals surface area contributed by atoms with Crippen LogP contribution in [0.4, 0.5) is 0 Å². The van der Waals surface area contributed by atoms with Crippen LogP contribution >= 0.6 is 0 Å². The van der Waals surface area contributed by atoms with Gasteiger partial charge < -0.3 is 43.8 Å². The summed E-state index contributed by atoms with van der Waals surface area (Å²) in [6, 6.07) is 30.1. The number of hydrogen-bond acceptors (Lipinski definition) is 15. The van der Waals surface area contributed by atoms with Crippen LogP contribution in [0.3, 0.4) is 0 Å². The summed E-state index contributed by atoms with van der Waals surface area (Å²) in [5.41, 5.74) is 9.46. The summed E-state index contributed by atoms with van der Waals surface area (Å²) >= 11 is 0. The number of benzene rings is 4. The summed E-state index contributed by atoms with van der Waals surface area (Å²) in [6.07, 6.45) is 3.23. The Hall–Kier alpha value is -8.24. The molecule has 8 aromatic rings. The van der Waals surface area contributed by atoms with Crippen LogP contribution in [0.2, 0.25) is 0 Å². The second kappa shape index (κ2) is 18.5. The van der Waals surface area contributed by atoms with Crippen molar-refractivity contribution in [3.63, 3.8) is 0 Å². The number of carbonyl (C=O) groups is 4. The number of ether oxygens (including phenoxy) is 5. The fourth-order valence-electron chi connectivity index (χ4n) is 8.12. The third-order valence-corrected chi connectivity index (χ3v) is 11.2. The second-order valence-electron chi connectivity index (χ2n) is 15.5. The van der Waals surface area contributed by atoms with E-state index in [9.17, 15) is 24.3 Å². The molecule has 0 bridgehead atoms. The third kappa shape index (κ3) is 8.81. The van der Waals surface area contributed by atoms with Crippen LogP contribution in [0.15, 0.2) is 97.1 Å². The molecule has 0 amide bonds. The first-order chi connectivity index (χ1) is 32.1. The van der Waals surface area contributed by atoms with E-state index >= 15 is 0 Å². The van der Waals surface area contributed by atoms with Crippen LogP contribution in [0, 0.1) is 0 Å². The first-order valence-corrected chi connectivity index (χ1v) is 20.9. The van der Waals surface area contributed by atoms with Gasteiger partial charge >= 0.3 is 11.9 Å². The molecule has 4 heterocycles. The lowest BCUT2D eigenvalue weighted by atomic mass is 9.90. The summed E-state index contributed by atoms with van der Waals surface area (Å²) in [7, 11) is 1.31. The fourth-order valence-corrected chi connectivity index (χ4v) is 8.12. The van der Waals surface area contributed by atoms with E-state index in [4.69, 9.17) is 49.1 Å². The molecule has 10 rings (SSSR count). The SMILES string of the molecule is COC(=O)COc1cccc2cc3c(nc12)-c1nc2c(OCC(=O)CO)cccc2cc1CC3.O=C([O-])COc1cccc2cc3c(nc12)-c1nc2c(OCC(=O)O)cccc2cc1CC3. The Labute approximate surface area is 375 Å².